The Morgan fingerprint density at radius 1 is 1.07 bits per heavy atom. The van der Waals surface area contributed by atoms with Crippen molar-refractivity contribution in [2.75, 3.05) is 5.73 Å². The molecule has 5 nitrogen and oxygen atoms in total. The first-order valence-corrected chi connectivity index (χ1v) is 10.2. The molecule has 0 spiro atoms. The summed E-state index contributed by atoms with van der Waals surface area (Å²) in [6, 6.07) is 17.7. The number of rotatable bonds is 7. The molecule has 156 valence electrons. The van der Waals surface area contributed by atoms with Crippen molar-refractivity contribution in [3.05, 3.63) is 83.0 Å². The van der Waals surface area contributed by atoms with E-state index in [-0.39, 0.29) is 11.7 Å². The lowest BCUT2D eigenvalue weighted by Crippen LogP contribution is -2.24. The van der Waals surface area contributed by atoms with Crippen LogP contribution in [0.3, 0.4) is 0 Å². The monoisotopic (exact) mass is 403 g/mol. The molecule has 1 heterocycles. The molecule has 2 aromatic carbocycles. The minimum Gasteiger partial charge on any atom is -0.457 e. The van der Waals surface area contributed by atoms with Crippen molar-refractivity contribution in [3.63, 3.8) is 0 Å². The van der Waals surface area contributed by atoms with Crippen molar-refractivity contribution in [1.29, 1.82) is 0 Å². The Labute approximate surface area is 178 Å². The number of hydrogen-bond acceptors (Lipinski definition) is 4. The Morgan fingerprint density at radius 3 is 2.50 bits per heavy atom. The van der Waals surface area contributed by atoms with E-state index in [4.69, 9.17) is 10.5 Å². The topological polar surface area (TPSA) is 77.2 Å². The maximum absolute atomic E-state index is 12.4. The van der Waals surface area contributed by atoms with E-state index in [1.807, 2.05) is 43.3 Å². The summed E-state index contributed by atoms with van der Waals surface area (Å²) in [6.07, 6.45) is 1.64. The predicted octanol–water partition coefficient (Wildman–Crippen LogP) is 5.45. The molecule has 1 amide bonds. The second-order valence-electron chi connectivity index (χ2n) is 7.98. The first kappa shape index (κ1) is 21.4. The smallest absolute Gasteiger partial charge is 0.255 e. The molecule has 0 fully saturated rings. The van der Waals surface area contributed by atoms with Crippen LogP contribution in [0.5, 0.6) is 11.5 Å². The highest BCUT2D eigenvalue weighted by Gasteiger charge is 2.12. The summed E-state index contributed by atoms with van der Waals surface area (Å²) in [5.41, 5.74) is 9.33. The first-order chi connectivity index (χ1) is 14.3. The van der Waals surface area contributed by atoms with Gasteiger partial charge in [0.2, 0.25) is 0 Å². The van der Waals surface area contributed by atoms with Crippen LogP contribution >= 0.6 is 0 Å². The van der Waals surface area contributed by atoms with Crippen LogP contribution in [-0.2, 0) is 6.54 Å². The van der Waals surface area contributed by atoms with Gasteiger partial charge in [-0.25, -0.2) is 4.98 Å². The number of carbonyl (C=O) groups excluding carboxylic acids is 1. The zero-order chi connectivity index (χ0) is 21.7. The molecule has 0 saturated heterocycles. The van der Waals surface area contributed by atoms with Crippen molar-refractivity contribution in [3.8, 4) is 11.5 Å². The quantitative estimate of drug-likeness (QED) is 0.550. The third kappa shape index (κ3) is 5.38. The van der Waals surface area contributed by atoms with Gasteiger partial charge in [-0.05, 0) is 65.8 Å². The van der Waals surface area contributed by atoms with Crippen molar-refractivity contribution in [1.82, 2.24) is 10.3 Å². The number of aromatic nitrogens is 1. The SMILES string of the molecule is Cc1cnc(N)c(C(=O)NCc2ccc(Oc3cccc(C(C)C(C)C)c3)cc2)c1. The van der Waals surface area contributed by atoms with Crippen molar-refractivity contribution in [2.24, 2.45) is 5.92 Å². The van der Waals surface area contributed by atoms with Crippen molar-refractivity contribution < 1.29 is 9.53 Å². The molecule has 0 saturated carbocycles. The van der Waals surface area contributed by atoms with Crippen molar-refractivity contribution in [2.45, 2.75) is 40.2 Å². The number of nitrogens with one attached hydrogen (secondary N) is 1. The van der Waals surface area contributed by atoms with Crippen LogP contribution in [0.2, 0.25) is 0 Å². The molecule has 0 aliphatic rings. The Morgan fingerprint density at radius 2 is 1.80 bits per heavy atom. The average molecular weight is 404 g/mol. The maximum Gasteiger partial charge on any atom is 0.255 e. The van der Waals surface area contributed by atoms with E-state index in [1.54, 1.807) is 12.3 Å². The molecule has 0 radical (unpaired) electrons. The minimum absolute atomic E-state index is 0.232. The number of anilines is 1. The molecular formula is C25H29N3O2. The molecular weight excluding hydrogens is 374 g/mol. The van der Waals surface area contributed by atoms with Crippen molar-refractivity contribution >= 4 is 11.7 Å². The molecule has 1 aromatic heterocycles. The van der Waals surface area contributed by atoms with Gasteiger partial charge in [-0.1, -0.05) is 45.0 Å². The summed E-state index contributed by atoms with van der Waals surface area (Å²) < 4.78 is 6.02. The van der Waals surface area contributed by atoms with Gasteiger partial charge >= 0.3 is 0 Å². The predicted molar refractivity (Wildman–Crippen MR) is 121 cm³/mol. The van der Waals surface area contributed by atoms with E-state index >= 15 is 0 Å². The first-order valence-electron chi connectivity index (χ1n) is 10.2. The largest absolute Gasteiger partial charge is 0.457 e. The van der Waals surface area contributed by atoms with E-state index in [1.165, 1.54) is 5.56 Å². The van der Waals surface area contributed by atoms with Crippen LogP contribution in [-0.4, -0.2) is 10.9 Å². The summed E-state index contributed by atoms with van der Waals surface area (Å²) in [7, 11) is 0. The lowest BCUT2D eigenvalue weighted by molar-refractivity contribution is 0.0951. The molecule has 0 aliphatic heterocycles. The standard InChI is InChI=1S/C25H29N3O2/c1-16(2)18(4)20-6-5-7-22(13-20)30-21-10-8-19(9-11-21)15-28-25(29)23-12-17(3)14-27-24(23)26/h5-14,16,18H,15H2,1-4H3,(H2,26,27)(H,28,29). The average Bonchev–Trinajstić information content (AvgIpc) is 2.74. The fourth-order valence-electron chi connectivity index (χ4n) is 3.10. The normalized spacial score (nSPS) is 11.9. The summed E-state index contributed by atoms with van der Waals surface area (Å²) >= 11 is 0. The minimum atomic E-state index is -0.236. The molecule has 1 unspecified atom stereocenters. The number of aryl methyl sites for hydroxylation is 1. The fraction of sp³-hybridized carbons (Fsp3) is 0.280. The summed E-state index contributed by atoms with van der Waals surface area (Å²) in [4.78, 5) is 16.4. The number of ether oxygens (including phenoxy) is 1. The Hall–Kier alpha value is -3.34. The lowest BCUT2D eigenvalue weighted by Gasteiger charge is -2.17. The number of nitrogens with zero attached hydrogens (tertiary/aromatic N) is 1. The van der Waals surface area contributed by atoms with Crippen LogP contribution in [0.15, 0.2) is 60.8 Å². The number of carbonyl (C=O) groups is 1. The molecule has 3 N–H and O–H groups in total. The zero-order valence-corrected chi connectivity index (χ0v) is 18.0. The molecule has 0 bridgehead atoms. The molecule has 5 heteroatoms. The third-order valence-corrected chi connectivity index (χ3v) is 5.30. The lowest BCUT2D eigenvalue weighted by atomic mass is 9.90. The van der Waals surface area contributed by atoms with Gasteiger partial charge in [0.05, 0.1) is 5.56 Å². The highest BCUT2D eigenvalue weighted by molar-refractivity contribution is 5.98. The van der Waals surface area contributed by atoms with Gasteiger partial charge in [0, 0.05) is 12.7 Å². The summed E-state index contributed by atoms with van der Waals surface area (Å²) in [5, 5.41) is 2.88. The number of nitrogen functional groups attached to an aromatic ring is 1. The van der Waals surface area contributed by atoms with Crippen LogP contribution in [0, 0.1) is 12.8 Å². The van der Waals surface area contributed by atoms with E-state index in [2.05, 4.69) is 43.2 Å². The highest BCUT2D eigenvalue weighted by Crippen LogP contribution is 2.29. The second kappa shape index (κ2) is 9.44. The Kier molecular flexibility index (Phi) is 6.72. The summed E-state index contributed by atoms with van der Waals surface area (Å²) in [6.45, 7) is 8.95. The third-order valence-electron chi connectivity index (χ3n) is 5.30. The van der Waals surface area contributed by atoms with Crippen LogP contribution in [0.1, 0.15) is 53.7 Å². The van der Waals surface area contributed by atoms with Crippen LogP contribution < -0.4 is 15.8 Å². The zero-order valence-electron chi connectivity index (χ0n) is 18.0. The molecule has 1 atom stereocenters. The number of hydrogen-bond donors (Lipinski definition) is 2. The van der Waals surface area contributed by atoms with Crippen LogP contribution in [0.25, 0.3) is 0 Å². The number of nitrogens with two attached hydrogens (primary N) is 1. The number of benzene rings is 2. The van der Waals surface area contributed by atoms with E-state index < -0.39 is 0 Å². The second-order valence-corrected chi connectivity index (χ2v) is 7.98. The van der Waals surface area contributed by atoms with Gasteiger partial charge in [-0.15, -0.1) is 0 Å². The Balaban J connectivity index is 1.61. The number of amides is 1. The van der Waals surface area contributed by atoms with Crippen LogP contribution in [0.4, 0.5) is 5.82 Å². The van der Waals surface area contributed by atoms with Gasteiger partial charge in [0.15, 0.2) is 0 Å². The van der Waals surface area contributed by atoms with Gasteiger partial charge in [0.25, 0.3) is 5.91 Å². The van der Waals surface area contributed by atoms with Gasteiger partial charge in [0.1, 0.15) is 17.3 Å². The van der Waals surface area contributed by atoms with E-state index in [0.717, 1.165) is 22.6 Å². The molecule has 3 aromatic rings. The van der Waals surface area contributed by atoms with Gasteiger partial charge in [-0.3, -0.25) is 4.79 Å². The highest BCUT2D eigenvalue weighted by atomic mass is 16.5. The van der Waals surface area contributed by atoms with E-state index in [0.29, 0.717) is 23.9 Å². The summed E-state index contributed by atoms with van der Waals surface area (Å²) in [5.74, 6) is 2.61. The molecule has 3 rings (SSSR count). The molecule has 0 aliphatic carbocycles. The fourth-order valence-corrected chi connectivity index (χ4v) is 3.10. The number of pyridine rings is 1. The maximum atomic E-state index is 12.4. The van der Waals surface area contributed by atoms with E-state index in [9.17, 15) is 4.79 Å². The van der Waals surface area contributed by atoms with Gasteiger partial charge < -0.3 is 15.8 Å². The van der Waals surface area contributed by atoms with Gasteiger partial charge in [-0.2, -0.15) is 0 Å². The Bertz CT molecular complexity index is 1010. The molecule has 30 heavy (non-hydrogen) atoms.